The van der Waals surface area contributed by atoms with Gasteiger partial charge in [0.2, 0.25) is 5.91 Å². The molecule has 0 heterocycles. The average molecular weight is 224 g/mol. The number of nitrogens with zero attached hydrogens (tertiary/aromatic N) is 1. The van der Waals surface area contributed by atoms with Gasteiger partial charge >= 0.3 is 0 Å². The van der Waals surface area contributed by atoms with Gasteiger partial charge in [0.15, 0.2) is 0 Å². The zero-order valence-electron chi connectivity index (χ0n) is 10.4. The van der Waals surface area contributed by atoms with E-state index in [1.54, 1.807) is 0 Å². The van der Waals surface area contributed by atoms with Crippen molar-refractivity contribution < 1.29 is 4.79 Å². The molecule has 2 aliphatic rings. The molecule has 0 aromatic heterocycles. The molecule has 3 heteroatoms. The minimum Gasteiger partial charge on any atom is -0.345 e. The van der Waals surface area contributed by atoms with E-state index in [1.807, 2.05) is 11.9 Å². The molecule has 0 radical (unpaired) electrons. The summed E-state index contributed by atoms with van der Waals surface area (Å²) in [4.78, 5) is 14.1. The van der Waals surface area contributed by atoms with Crippen molar-refractivity contribution >= 4 is 5.91 Å². The Morgan fingerprint density at radius 1 is 1.31 bits per heavy atom. The molecule has 3 nitrogen and oxygen atoms in total. The highest BCUT2D eigenvalue weighted by molar-refractivity contribution is 5.85. The highest BCUT2D eigenvalue weighted by Gasteiger charge is 2.49. The summed E-state index contributed by atoms with van der Waals surface area (Å²) in [7, 11) is 1.95. The van der Waals surface area contributed by atoms with E-state index in [9.17, 15) is 4.79 Å². The Morgan fingerprint density at radius 3 is 2.44 bits per heavy atom. The largest absolute Gasteiger partial charge is 0.345 e. The van der Waals surface area contributed by atoms with Gasteiger partial charge in [-0.15, -0.1) is 0 Å². The molecule has 0 unspecified atom stereocenters. The quantitative estimate of drug-likeness (QED) is 0.791. The Morgan fingerprint density at radius 2 is 1.94 bits per heavy atom. The van der Waals surface area contributed by atoms with E-state index in [1.165, 1.54) is 32.1 Å². The molecule has 0 atom stereocenters. The first-order valence-corrected chi connectivity index (χ1v) is 6.63. The minimum absolute atomic E-state index is 0.163. The first-order chi connectivity index (χ1) is 7.68. The third-order valence-electron chi connectivity index (χ3n) is 4.30. The van der Waals surface area contributed by atoms with Crippen molar-refractivity contribution in [2.24, 2.45) is 17.1 Å². The van der Waals surface area contributed by atoms with Crippen LogP contribution in [0.3, 0.4) is 0 Å². The molecule has 2 N–H and O–H groups in total. The molecule has 0 aliphatic heterocycles. The summed E-state index contributed by atoms with van der Waals surface area (Å²) in [6.45, 7) is 1.47. The minimum atomic E-state index is -0.163. The van der Waals surface area contributed by atoms with Crippen LogP contribution >= 0.6 is 0 Å². The normalized spacial score (nSPS) is 24.1. The summed E-state index contributed by atoms with van der Waals surface area (Å²) in [5, 5.41) is 0. The summed E-state index contributed by atoms with van der Waals surface area (Å²) >= 11 is 0. The van der Waals surface area contributed by atoms with E-state index in [-0.39, 0.29) is 5.41 Å². The Balaban J connectivity index is 1.82. The second-order valence-electron chi connectivity index (χ2n) is 5.67. The standard InChI is InChI=1S/C13H24N2O/c1-15(9-11-5-3-2-4-6-11)12(16)13(10-14)7-8-13/h11H,2-10,14H2,1H3. The van der Waals surface area contributed by atoms with Crippen LogP contribution in [0.5, 0.6) is 0 Å². The van der Waals surface area contributed by atoms with Crippen molar-refractivity contribution in [3.05, 3.63) is 0 Å². The van der Waals surface area contributed by atoms with Crippen molar-refractivity contribution in [1.82, 2.24) is 4.90 Å². The van der Waals surface area contributed by atoms with Gasteiger partial charge in [0, 0.05) is 20.1 Å². The van der Waals surface area contributed by atoms with Crippen LogP contribution in [0, 0.1) is 11.3 Å². The molecule has 2 fully saturated rings. The van der Waals surface area contributed by atoms with Gasteiger partial charge in [-0.05, 0) is 31.6 Å². The van der Waals surface area contributed by atoms with Crippen molar-refractivity contribution in [3.63, 3.8) is 0 Å². The van der Waals surface area contributed by atoms with Gasteiger partial charge < -0.3 is 10.6 Å². The smallest absolute Gasteiger partial charge is 0.229 e. The zero-order valence-corrected chi connectivity index (χ0v) is 10.4. The lowest BCUT2D eigenvalue weighted by Gasteiger charge is -2.29. The molecule has 2 rings (SSSR count). The zero-order chi connectivity index (χ0) is 11.6. The second-order valence-corrected chi connectivity index (χ2v) is 5.67. The summed E-state index contributed by atoms with van der Waals surface area (Å²) < 4.78 is 0. The molecule has 0 spiro atoms. The summed E-state index contributed by atoms with van der Waals surface area (Å²) in [6.07, 6.45) is 8.65. The van der Waals surface area contributed by atoms with Gasteiger partial charge in [0.05, 0.1) is 5.41 Å². The Hall–Kier alpha value is -0.570. The number of hydrogen-bond acceptors (Lipinski definition) is 2. The van der Waals surface area contributed by atoms with Crippen LogP contribution < -0.4 is 5.73 Å². The fourth-order valence-corrected chi connectivity index (χ4v) is 2.90. The average Bonchev–Trinajstić information content (AvgIpc) is 3.10. The maximum atomic E-state index is 12.2. The van der Waals surface area contributed by atoms with Crippen LogP contribution in [-0.4, -0.2) is 30.9 Å². The molecule has 0 saturated heterocycles. The third-order valence-corrected chi connectivity index (χ3v) is 4.30. The monoisotopic (exact) mass is 224 g/mol. The van der Waals surface area contributed by atoms with E-state index in [0.717, 1.165) is 25.3 Å². The van der Waals surface area contributed by atoms with E-state index < -0.39 is 0 Å². The van der Waals surface area contributed by atoms with Crippen LogP contribution in [0.1, 0.15) is 44.9 Å². The lowest BCUT2D eigenvalue weighted by molar-refractivity contribution is -0.136. The maximum absolute atomic E-state index is 12.2. The van der Waals surface area contributed by atoms with Crippen LogP contribution in [0.4, 0.5) is 0 Å². The van der Waals surface area contributed by atoms with E-state index in [0.29, 0.717) is 12.5 Å². The lowest BCUT2D eigenvalue weighted by atomic mass is 9.88. The van der Waals surface area contributed by atoms with Crippen molar-refractivity contribution in [2.45, 2.75) is 44.9 Å². The van der Waals surface area contributed by atoms with Gasteiger partial charge in [-0.3, -0.25) is 4.79 Å². The molecule has 2 saturated carbocycles. The molecular weight excluding hydrogens is 200 g/mol. The summed E-state index contributed by atoms with van der Waals surface area (Å²) in [5.74, 6) is 1.02. The maximum Gasteiger partial charge on any atom is 0.229 e. The SMILES string of the molecule is CN(CC1CCCCC1)C(=O)C1(CN)CC1. The molecule has 0 aromatic rings. The predicted octanol–water partition coefficient (Wildman–Crippen LogP) is 1.76. The fraction of sp³-hybridized carbons (Fsp3) is 0.923. The fourth-order valence-electron chi connectivity index (χ4n) is 2.90. The van der Waals surface area contributed by atoms with E-state index in [2.05, 4.69) is 0 Å². The van der Waals surface area contributed by atoms with E-state index in [4.69, 9.17) is 5.73 Å². The van der Waals surface area contributed by atoms with Crippen LogP contribution in [-0.2, 0) is 4.79 Å². The Kier molecular flexibility index (Phi) is 3.53. The first kappa shape index (κ1) is 11.9. The predicted molar refractivity (Wildman–Crippen MR) is 64.9 cm³/mol. The number of nitrogens with two attached hydrogens (primary N) is 1. The van der Waals surface area contributed by atoms with Crippen molar-refractivity contribution in [3.8, 4) is 0 Å². The molecule has 0 bridgehead atoms. The summed E-state index contributed by atoms with van der Waals surface area (Å²) in [5.41, 5.74) is 5.53. The molecule has 1 amide bonds. The number of carbonyl (C=O) groups is 1. The Bertz CT molecular complexity index is 255. The highest BCUT2D eigenvalue weighted by atomic mass is 16.2. The Labute approximate surface area is 98.4 Å². The molecule has 2 aliphatic carbocycles. The van der Waals surface area contributed by atoms with Gasteiger partial charge in [0.25, 0.3) is 0 Å². The third kappa shape index (κ3) is 2.40. The topological polar surface area (TPSA) is 46.3 Å². The van der Waals surface area contributed by atoms with Crippen molar-refractivity contribution in [1.29, 1.82) is 0 Å². The van der Waals surface area contributed by atoms with Crippen LogP contribution in [0.25, 0.3) is 0 Å². The second kappa shape index (κ2) is 4.74. The lowest BCUT2D eigenvalue weighted by Crippen LogP contribution is -2.40. The van der Waals surface area contributed by atoms with Gasteiger partial charge in [-0.25, -0.2) is 0 Å². The van der Waals surface area contributed by atoms with Crippen molar-refractivity contribution in [2.75, 3.05) is 20.1 Å². The van der Waals surface area contributed by atoms with Crippen LogP contribution in [0.2, 0.25) is 0 Å². The molecular formula is C13H24N2O. The molecule has 92 valence electrons. The number of hydrogen-bond donors (Lipinski definition) is 1. The van der Waals surface area contributed by atoms with Gasteiger partial charge in [-0.1, -0.05) is 19.3 Å². The number of carbonyl (C=O) groups excluding carboxylic acids is 1. The summed E-state index contributed by atoms with van der Waals surface area (Å²) in [6, 6.07) is 0. The first-order valence-electron chi connectivity index (χ1n) is 6.63. The molecule has 16 heavy (non-hydrogen) atoms. The van der Waals surface area contributed by atoms with Crippen LogP contribution in [0.15, 0.2) is 0 Å². The van der Waals surface area contributed by atoms with E-state index >= 15 is 0 Å². The highest BCUT2D eigenvalue weighted by Crippen LogP contribution is 2.46. The van der Waals surface area contributed by atoms with Gasteiger partial charge in [-0.2, -0.15) is 0 Å². The van der Waals surface area contributed by atoms with Gasteiger partial charge in [0.1, 0.15) is 0 Å². The number of amides is 1. The number of rotatable bonds is 4. The molecule has 0 aromatic carbocycles.